The average molecular weight is 470 g/mol. The number of benzene rings is 3. The fraction of sp³-hybridized carbons (Fsp3) is 0.179. The van der Waals surface area contributed by atoms with E-state index < -0.39 is 0 Å². The summed E-state index contributed by atoms with van der Waals surface area (Å²) in [5, 5.41) is 7.64. The van der Waals surface area contributed by atoms with Crippen LogP contribution in [-0.2, 0) is 29.2 Å². The largest absolute Gasteiger partial charge is 0.493 e. The Kier molecular flexibility index (Phi) is 7.91. The number of hydrogen-bond acceptors (Lipinski definition) is 5. The highest BCUT2D eigenvalue weighted by molar-refractivity contribution is 5.91. The highest BCUT2D eigenvalue weighted by atomic mass is 16.5. The van der Waals surface area contributed by atoms with Crippen molar-refractivity contribution in [2.24, 2.45) is 0 Å². The van der Waals surface area contributed by atoms with E-state index in [9.17, 15) is 9.59 Å². The first kappa shape index (κ1) is 23.8. The first-order valence-electron chi connectivity index (χ1n) is 11.3. The Balaban J connectivity index is 1.25. The van der Waals surface area contributed by atoms with Crippen molar-refractivity contribution in [2.75, 3.05) is 13.7 Å². The zero-order valence-corrected chi connectivity index (χ0v) is 19.5. The molecule has 35 heavy (non-hydrogen) atoms. The van der Waals surface area contributed by atoms with Crippen molar-refractivity contribution in [1.82, 2.24) is 15.6 Å². The maximum atomic E-state index is 12.4. The Labute approximate surface area is 204 Å². The average Bonchev–Trinajstić information content (AvgIpc) is 2.90. The number of carbonyl (C=O) groups excluding carboxylic acids is 2. The van der Waals surface area contributed by atoms with Crippen LogP contribution in [-0.4, -0.2) is 30.5 Å². The van der Waals surface area contributed by atoms with E-state index in [1.807, 2.05) is 72.8 Å². The fourth-order valence-electron chi connectivity index (χ4n) is 3.71. The van der Waals surface area contributed by atoms with E-state index in [4.69, 9.17) is 9.47 Å². The summed E-state index contributed by atoms with van der Waals surface area (Å²) in [6, 6.07) is 23.1. The molecule has 1 heterocycles. The van der Waals surface area contributed by atoms with Gasteiger partial charge in [0, 0.05) is 18.9 Å². The topological polar surface area (TPSA) is 89.6 Å². The summed E-state index contributed by atoms with van der Waals surface area (Å²) in [6.45, 7) is 0.611. The molecular weight excluding hydrogens is 442 g/mol. The predicted molar refractivity (Wildman–Crippen MR) is 134 cm³/mol. The van der Waals surface area contributed by atoms with Gasteiger partial charge in [-0.15, -0.1) is 0 Å². The van der Waals surface area contributed by atoms with E-state index in [1.165, 1.54) is 0 Å². The Morgan fingerprint density at radius 2 is 1.63 bits per heavy atom. The summed E-state index contributed by atoms with van der Waals surface area (Å²) < 4.78 is 11.3. The van der Waals surface area contributed by atoms with Crippen LogP contribution in [0, 0.1) is 0 Å². The Hall–Kier alpha value is -4.39. The molecule has 0 bridgehead atoms. The third-order valence-electron chi connectivity index (χ3n) is 5.54. The van der Waals surface area contributed by atoms with Crippen LogP contribution in [0.5, 0.6) is 11.5 Å². The fourth-order valence-corrected chi connectivity index (χ4v) is 3.71. The number of nitrogens with one attached hydrogen (secondary N) is 2. The van der Waals surface area contributed by atoms with E-state index >= 15 is 0 Å². The monoisotopic (exact) mass is 469 g/mol. The van der Waals surface area contributed by atoms with Gasteiger partial charge in [0.15, 0.2) is 11.5 Å². The van der Waals surface area contributed by atoms with E-state index in [2.05, 4.69) is 15.6 Å². The van der Waals surface area contributed by atoms with Crippen LogP contribution in [0.3, 0.4) is 0 Å². The number of aromatic nitrogens is 1. The van der Waals surface area contributed by atoms with Crippen LogP contribution >= 0.6 is 0 Å². The molecule has 178 valence electrons. The van der Waals surface area contributed by atoms with Crippen molar-refractivity contribution in [3.63, 3.8) is 0 Å². The summed E-state index contributed by atoms with van der Waals surface area (Å²) in [7, 11) is 1.57. The molecule has 0 spiro atoms. The number of pyridine rings is 1. The highest BCUT2D eigenvalue weighted by Gasteiger charge is 2.10. The number of nitrogens with zero attached hydrogens (tertiary/aromatic N) is 1. The second-order valence-corrected chi connectivity index (χ2v) is 8.00. The van der Waals surface area contributed by atoms with Crippen molar-refractivity contribution >= 4 is 22.6 Å². The molecule has 0 atom stereocenters. The molecule has 0 fully saturated rings. The van der Waals surface area contributed by atoms with E-state index in [-0.39, 0.29) is 24.8 Å². The van der Waals surface area contributed by atoms with Gasteiger partial charge in [0.05, 0.1) is 20.1 Å². The molecule has 0 aliphatic rings. The molecule has 3 aromatic carbocycles. The summed E-state index contributed by atoms with van der Waals surface area (Å²) in [4.78, 5) is 28.7. The van der Waals surface area contributed by atoms with E-state index in [0.717, 1.165) is 27.5 Å². The van der Waals surface area contributed by atoms with Crippen LogP contribution in [0.1, 0.15) is 16.7 Å². The predicted octanol–water partition coefficient (Wildman–Crippen LogP) is 3.80. The maximum Gasteiger partial charge on any atom is 0.239 e. The summed E-state index contributed by atoms with van der Waals surface area (Å²) >= 11 is 0. The minimum Gasteiger partial charge on any atom is -0.493 e. The molecule has 2 amide bonds. The van der Waals surface area contributed by atoms with E-state index in [0.29, 0.717) is 24.7 Å². The number of fused-ring (bicyclic) bond motifs is 1. The van der Waals surface area contributed by atoms with Gasteiger partial charge in [0.2, 0.25) is 11.8 Å². The molecular formula is C28H27N3O4. The Bertz CT molecular complexity index is 1300. The third kappa shape index (κ3) is 6.57. The number of rotatable bonds is 10. The molecule has 1 aromatic heterocycles. The minimum atomic E-state index is -0.270. The molecule has 0 saturated heterocycles. The van der Waals surface area contributed by atoms with Crippen molar-refractivity contribution in [3.05, 3.63) is 102 Å². The zero-order valence-electron chi connectivity index (χ0n) is 19.5. The smallest absolute Gasteiger partial charge is 0.239 e. The molecule has 0 aliphatic heterocycles. The second kappa shape index (κ2) is 11.7. The quantitative estimate of drug-likeness (QED) is 0.369. The van der Waals surface area contributed by atoms with Gasteiger partial charge in [-0.1, -0.05) is 48.5 Å². The third-order valence-corrected chi connectivity index (χ3v) is 5.54. The molecule has 4 aromatic rings. The van der Waals surface area contributed by atoms with E-state index in [1.54, 1.807) is 19.5 Å². The van der Waals surface area contributed by atoms with Crippen molar-refractivity contribution in [2.45, 2.75) is 19.6 Å². The Morgan fingerprint density at radius 1 is 0.829 bits per heavy atom. The van der Waals surface area contributed by atoms with Gasteiger partial charge < -0.3 is 20.1 Å². The summed E-state index contributed by atoms with van der Waals surface area (Å²) in [6.07, 6.45) is 3.65. The minimum absolute atomic E-state index is 0.0894. The molecule has 0 aliphatic carbocycles. The summed E-state index contributed by atoms with van der Waals surface area (Å²) in [5.41, 5.74) is 2.79. The molecule has 7 nitrogen and oxygen atoms in total. The molecule has 7 heteroatoms. The zero-order chi connectivity index (χ0) is 24.5. The van der Waals surface area contributed by atoms with Gasteiger partial charge in [0.25, 0.3) is 0 Å². The molecule has 4 rings (SSSR count). The molecule has 0 radical (unpaired) electrons. The standard InChI is InChI=1S/C28H27N3O4/c1-34-26-15-21(9-10-25(26)35-19-20-11-13-29-14-12-20)17-30-28(33)18-31-27(32)16-23-7-4-6-22-5-2-3-8-24(22)23/h2-15H,16-19H2,1H3,(H,30,33)(H,31,32). The molecule has 2 N–H and O–H groups in total. The number of methoxy groups -OCH3 is 1. The van der Waals surface area contributed by atoms with Crippen molar-refractivity contribution in [3.8, 4) is 11.5 Å². The van der Waals surface area contributed by atoms with Crippen molar-refractivity contribution < 1.29 is 19.1 Å². The van der Waals surface area contributed by atoms with Crippen LogP contribution < -0.4 is 20.1 Å². The number of amides is 2. The SMILES string of the molecule is COc1cc(CNC(=O)CNC(=O)Cc2cccc3ccccc23)ccc1OCc1ccncc1. The Morgan fingerprint density at radius 3 is 2.46 bits per heavy atom. The van der Waals surface area contributed by atoms with Crippen molar-refractivity contribution in [1.29, 1.82) is 0 Å². The molecule has 0 saturated carbocycles. The number of ether oxygens (including phenoxy) is 2. The number of carbonyl (C=O) groups is 2. The second-order valence-electron chi connectivity index (χ2n) is 8.00. The summed E-state index contributed by atoms with van der Waals surface area (Å²) in [5.74, 6) is 0.719. The van der Waals surface area contributed by atoms with Crippen LogP contribution in [0.2, 0.25) is 0 Å². The van der Waals surface area contributed by atoms with Crippen LogP contribution in [0.15, 0.2) is 85.2 Å². The first-order valence-corrected chi connectivity index (χ1v) is 11.3. The molecule has 0 unspecified atom stereocenters. The lowest BCUT2D eigenvalue weighted by Crippen LogP contribution is -2.37. The van der Waals surface area contributed by atoms with Crippen LogP contribution in [0.4, 0.5) is 0 Å². The van der Waals surface area contributed by atoms with Gasteiger partial charge >= 0.3 is 0 Å². The van der Waals surface area contributed by atoms with Gasteiger partial charge in [0.1, 0.15) is 6.61 Å². The van der Waals surface area contributed by atoms with Gasteiger partial charge in [-0.2, -0.15) is 0 Å². The normalized spacial score (nSPS) is 10.5. The number of hydrogen-bond donors (Lipinski definition) is 2. The maximum absolute atomic E-state index is 12.4. The van der Waals surface area contributed by atoms with Gasteiger partial charge in [-0.25, -0.2) is 0 Å². The van der Waals surface area contributed by atoms with Gasteiger partial charge in [-0.3, -0.25) is 14.6 Å². The lowest BCUT2D eigenvalue weighted by molar-refractivity contribution is -0.125. The van der Waals surface area contributed by atoms with Crippen LogP contribution in [0.25, 0.3) is 10.8 Å². The lowest BCUT2D eigenvalue weighted by atomic mass is 10.0. The van der Waals surface area contributed by atoms with Gasteiger partial charge in [-0.05, 0) is 51.7 Å². The highest BCUT2D eigenvalue weighted by Crippen LogP contribution is 2.28. The first-order chi connectivity index (χ1) is 17.1. The lowest BCUT2D eigenvalue weighted by Gasteiger charge is -2.13.